The number of ether oxygens (including phenoxy) is 1. The molecule has 7 heteroatoms. The molecule has 5 nitrogen and oxygen atoms in total. The fraction of sp³-hybridized carbons (Fsp3) is 0.263. The van der Waals surface area contributed by atoms with Crippen molar-refractivity contribution in [2.75, 3.05) is 31.3 Å². The number of halogens is 1. The summed E-state index contributed by atoms with van der Waals surface area (Å²) < 4.78 is 6.66. The van der Waals surface area contributed by atoms with Crippen LogP contribution in [0.15, 0.2) is 51.8 Å². The van der Waals surface area contributed by atoms with Gasteiger partial charge in [-0.1, -0.05) is 15.9 Å². The lowest BCUT2D eigenvalue weighted by atomic mass is 10.1. The zero-order valence-corrected chi connectivity index (χ0v) is 16.7. The Labute approximate surface area is 165 Å². The number of likely N-dealkylation sites (N-methyl/N-ethyl adjacent to an activating group) is 1. The highest BCUT2D eigenvalue weighted by Gasteiger charge is 2.17. The van der Waals surface area contributed by atoms with E-state index < -0.39 is 0 Å². The number of nitrogens with one attached hydrogen (secondary N) is 1. The van der Waals surface area contributed by atoms with Crippen LogP contribution in [-0.2, 0) is 4.79 Å². The van der Waals surface area contributed by atoms with Gasteiger partial charge in [0, 0.05) is 34.2 Å². The molecule has 0 radical (unpaired) electrons. The largest absolute Gasteiger partial charge is 0.492 e. The first-order chi connectivity index (χ1) is 12.5. The Hall–Kier alpha value is -1.99. The van der Waals surface area contributed by atoms with Crippen molar-refractivity contribution in [2.45, 2.75) is 11.3 Å². The molecule has 0 bridgehead atoms. The van der Waals surface area contributed by atoms with E-state index in [1.165, 1.54) is 0 Å². The smallest absolute Gasteiger partial charge is 0.253 e. The average molecular weight is 435 g/mol. The zero-order valence-electron chi connectivity index (χ0n) is 14.3. The lowest BCUT2D eigenvalue weighted by Crippen LogP contribution is -2.31. The number of benzene rings is 2. The monoisotopic (exact) mass is 434 g/mol. The highest BCUT2D eigenvalue weighted by molar-refractivity contribution is 9.10. The van der Waals surface area contributed by atoms with Gasteiger partial charge >= 0.3 is 0 Å². The minimum Gasteiger partial charge on any atom is -0.492 e. The second kappa shape index (κ2) is 8.60. The van der Waals surface area contributed by atoms with Crippen molar-refractivity contribution >= 4 is 45.2 Å². The zero-order chi connectivity index (χ0) is 18.5. The molecular weight excluding hydrogens is 416 g/mol. The Morgan fingerprint density at radius 3 is 2.81 bits per heavy atom. The van der Waals surface area contributed by atoms with E-state index in [2.05, 4.69) is 21.2 Å². The minimum absolute atomic E-state index is 0.0166. The summed E-state index contributed by atoms with van der Waals surface area (Å²) in [7, 11) is 1.74. The molecule has 2 aromatic carbocycles. The van der Waals surface area contributed by atoms with E-state index in [1.54, 1.807) is 35.8 Å². The van der Waals surface area contributed by atoms with Crippen molar-refractivity contribution in [1.29, 1.82) is 0 Å². The summed E-state index contributed by atoms with van der Waals surface area (Å²) in [5, 5.41) is 2.87. The van der Waals surface area contributed by atoms with Crippen molar-refractivity contribution in [1.82, 2.24) is 4.90 Å². The average Bonchev–Trinajstić information content (AvgIpc) is 2.82. The molecule has 0 atom stereocenters. The van der Waals surface area contributed by atoms with E-state index in [-0.39, 0.29) is 11.8 Å². The standard InChI is InChI=1S/C19H19BrN2O3S/c1-22(9-10-25-15-5-3-14(20)4-6-15)19(24)13-2-7-17-16(12-13)21-18(23)8-11-26-17/h2-7,12H,8-11H2,1H3,(H,21,23). The number of carbonyl (C=O) groups excluding carboxylic acids is 2. The lowest BCUT2D eigenvalue weighted by molar-refractivity contribution is -0.115. The maximum absolute atomic E-state index is 12.6. The van der Waals surface area contributed by atoms with Gasteiger partial charge in [-0.15, -0.1) is 11.8 Å². The molecule has 0 fully saturated rings. The molecule has 2 amide bonds. The molecule has 0 spiro atoms. The third-order valence-electron chi connectivity index (χ3n) is 3.94. The van der Waals surface area contributed by atoms with Gasteiger partial charge in [0.25, 0.3) is 5.91 Å². The van der Waals surface area contributed by atoms with E-state index in [1.807, 2.05) is 30.3 Å². The Bertz CT molecular complexity index is 811. The number of carbonyl (C=O) groups is 2. The maximum Gasteiger partial charge on any atom is 0.253 e. The number of fused-ring (bicyclic) bond motifs is 1. The molecule has 1 aliphatic rings. The molecular formula is C19H19BrN2O3S. The summed E-state index contributed by atoms with van der Waals surface area (Å²) in [5.41, 5.74) is 1.26. The van der Waals surface area contributed by atoms with Gasteiger partial charge in [0.2, 0.25) is 5.91 Å². The Morgan fingerprint density at radius 1 is 1.27 bits per heavy atom. The summed E-state index contributed by atoms with van der Waals surface area (Å²) in [4.78, 5) is 27.0. The topological polar surface area (TPSA) is 58.6 Å². The predicted molar refractivity (Wildman–Crippen MR) is 107 cm³/mol. The first-order valence-corrected chi connectivity index (χ1v) is 10.0. The van der Waals surface area contributed by atoms with E-state index in [0.717, 1.165) is 20.9 Å². The Morgan fingerprint density at radius 2 is 2.04 bits per heavy atom. The number of anilines is 1. The predicted octanol–water partition coefficient (Wildman–Crippen LogP) is 4.03. The quantitative estimate of drug-likeness (QED) is 0.771. The molecule has 0 saturated carbocycles. The molecule has 0 unspecified atom stereocenters. The number of rotatable bonds is 5. The summed E-state index contributed by atoms with van der Waals surface area (Å²) in [6.07, 6.45) is 0.482. The van der Waals surface area contributed by atoms with Crippen LogP contribution in [0.5, 0.6) is 5.75 Å². The van der Waals surface area contributed by atoms with Crippen LogP contribution in [0, 0.1) is 0 Å². The van der Waals surface area contributed by atoms with E-state index in [4.69, 9.17) is 4.74 Å². The van der Waals surface area contributed by atoms with Gasteiger partial charge < -0.3 is 15.0 Å². The van der Waals surface area contributed by atoms with Crippen LogP contribution >= 0.6 is 27.7 Å². The number of hydrogen-bond donors (Lipinski definition) is 1. The third kappa shape index (κ3) is 4.80. The highest BCUT2D eigenvalue weighted by Crippen LogP contribution is 2.31. The fourth-order valence-corrected chi connectivity index (χ4v) is 3.71. The number of nitrogens with zero attached hydrogens (tertiary/aromatic N) is 1. The van der Waals surface area contributed by atoms with Crippen LogP contribution in [0.3, 0.4) is 0 Å². The fourth-order valence-electron chi connectivity index (χ4n) is 2.51. The molecule has 0 saturated heterocycles. The minimum atomic E-state index is -0.101. The Kier molecular flexibility index (Phi) is 6.21. The van der Waals surface area contributed by atoms with Crippen LogP contribution in [0.1, 0.15) is 16.8 Å². The Balaban J connectivity index is 1.59. The van der Waals surface area contributed by atoms with Gasteiger partial charge in [0.15, 0.2) is 0 Å². The second-order valence-electron chi connectivity index (χ2n) is 5.89. The highest BCUT2D eigenvalue weighted by atomic mass is 79.9. The molecule has 136 valence electrons. The molecule has 1 N–H and O–H groups in total. The van der Waals surface area contributed by atoms with Crippen LogP contribution in [-0.4, -0.2) is 42.7 Å². The molecule has 0 aliphatic carbocycles. The first-order valence-electron chi connectivity index (χ1n) is 8.23. The first kappa shape index (κ1) is 18.8. The van der Waals surface area contributed by atoms with Gasteiger partial charge in [0.1, 0.15) is 12.4 Å². The van der Waals surface area contributed by atoms with Gasteiger partial charge in [-0.3, -0.25) is 9.59 Å². The van der Waals surface area contributed by atoms with Crippen LogP contribution in [0.4, 0.5) is 5.69 Å². The van der Waals surface area contributed by atoms with E-state index in [0.29, 0.717) is 30.8 Å². The van der Waals surface area contributed by atoms with Crippen molar-refractivity contribution in [3.05, 3.63) is 52.5 Å². The van der Waals surface area contributed by atoms with Gasteiger partial charge in [0.05, 0.1) is 12.2 Å². The molecule has 1 aliphatic heterocycles. The number of hydrogen-bond acceptors (Lipinski definition) is 4. The maximum atomic E-state index is 12.6. The summed E-state index contributed by atoms with van der Waals surface area (Å²) in [6.45, 7) is 0.870. The van der Waals surface area contributed by atoms with Crippen LogP contribution in [0.2, 0.25) is 0 Å². The SMILES string of the molecule is CN(CCOc1ccc(Br)cc1)C(=O)c1ccc2c(c1)NC(=O)CCS2. The van der Waals surface area contributed by atoms with Crippen molar-refractivity contribution in [2.24, 2.45) is 0 Å². The van der Waals surface area contributed by atoms with Crippen molar-refractivity contribution < 1.29 is 14.3 Å². The van der Waals surface area contributed by atoms with E-state index >= 15 is 0 Å². The summed E-state index contributed by atoms with van der Waals surface area (Å²) >= 11 is 5.00. The molecule has 2 aromatic rings. The molecule has 3 rings (SSSR count). The van der Waals surface area contributed by atoms with Crippen molar-refractivity contribution in [3.8, 4) is 5.75 Å². The van der Waals surface area contributed by atoms with Crippen LogP contribution in [0.25, 0.3) is 0 Å². The normalized spacial score (nSPS) is 13.4. The molecule has 26 heavy (non-hydrogen) atoms. The molecule has 1 heterocycles. The van der Waals surface area contributed by atoms with Gasteiger partial charge in [-0.05, 0) is 42.5 Å². The second-order valence-corrected chi connectivity index (χ2v) is 7.94. The third-order valence-corrected chi connectivity index (χ3v) is 5.55. The van der Waals surface area contributed by atoms with Crippen LogP contribution < -0.4 is 10.1 Å². The lowest BCUT2D eigenvalue weighted by Gasteiger charge is -2.18. The summed E-state index contributed by atoms with van der Waals surface area (Å²) in [6, 6.07) is 13.0. The number of amides is 2. The molecule has 0 aromatic heterocycles. The summed E-state index contributed by atoms with van der Waals surface area (Å²) in [5.74, 6) is 1.39. The van der Waals surface area contributed by atoms with E-state index in [9.17, 15) is 9.59 Å². The van der Waals surface area contributed by atoms with Gasteiger partial charge in [-0.25, -0.2) is 0 Å². The van der Waals surface area contributed by atoms with Gasteiger partial charge in [-0.2, -0.15) is 0 Å². The van der Waals surface area contributed by atoms with Crippen molar-refractivity contribution in [3.63, 3.8) is 0 Å². The number of thioether (sulfide) groups is 1.